The maximum absolute atomic E-state index is 6.24. The molecule has 0 saturated carbocycles. The number of nitrogens with one attached hydrogen (secondary N) is 2. The highest BCUT2D eigenvalue weighted by atomic mass is 35.5. The van der Waals surface area contributed by atoms with Crippen LogP contribution in [0.3, 0.4) is 0 Å². The van der Waals surface area contributed by atoms with Crippen molar-refractivity contribution >= 4 is 46.3 Å². The summed E-state index contributed by atoms with van der Waals surface area (Å²) in [5, 5.41) is 8.38. The van der Waals surface area contributed by atoms with E-state index in [1.165, 1.54) is 4.40 Å². The fourth-order valence-electron chi connectivity index (χ4n) is 1.67. The molecule has 4 N–H and O–H groups in total. The first-order chi connectivity index (χ1) is 9.65. The molecule has 3 rings (SSSR count). The number of nitrogens with two attached hydrogens (primary N) is 1. The van der Waals surface area contributed by atoms with Crippen molar-refractivity contribution in [3.63, 3.8) is 0 Å². The molecule has 0 aromatic carbocycles. The molecule has 0 unspecified atom stereocenters. The smallest absolute Gasteiger partial charge is 0.227 e. The molecule has 0 saturated heterocycles. The van der Waals surface area contributed by atoms with Crippen molar-refractivity contribution in [2.45, 2.75) is 0 Å². The monoisotopic (exact) mass is 309 g/mol. The second-order valence-corrected chi connectivity index (χ2v) is 4.63. The summed E-state index contributed by atoms with van der Waals surface area (Å²) in [5.41, 5.74) is 12.7. The zero-order chi connectivity index (χ0) is 14.1. The lowest BCUT2D eigenvalue weighted by Gasteiger charge is -2.11. The Morgan fingerprint density at radius 1 is 1.05 bits per heavy atom. The van der Waals surface area contributed by atoms with E-state index in [0.29, 0.717) is 27.5 Å². The molecule has 20 heavy (non-hydrogen) atoms. The lowest BCUT2D eigenvalue weighted by molar-refractivity contribution is 1.12. The molecule has 0 aliphatic heterocycles. The van der Waals surface area contributed by atoms with E-state index in [1.54, 1.807) is 30.3 Å². The van der Waals surface area contributed by atoms with Gasteiger partial charge >= 0.3 is 0 Å². The predicted octanol–water partition coefficient (Wildman–Crippen LogP) is 2.45. The third-order valence-corrected chi connectivity index (χ3v) is 3.15. The molecule has 3 aromatic heterocycles. The third kappa shape index (κ3) is 2.28. The number of rotatable bonds is 3. The van der Waals surface area contributed by atoms with E-state index in [2.05, 4.69) is 26.0 Å². The first kappa shape index (κ1) is 12.8. The Kier molecular flexibility index (Phi) is 3.21. The van der Waals surface area contributed by atoms with Gasteiger partial charge in [0, 0.05) is 0 Å². The highest BCUT2D eigenvalue weighted by Crippen LogP contribution is 2.24. The molecule has 0 aliphatic carbocycles. The Morgan fingerprint density at radius 2 is 1.90 bits per heavy atom. The maximum atomic E-state index is 6.24. The van der Waals surface area contributed by atoms with Crippen LogP contribution in [0.2, 0.25) is 10.3 Å². The molecule has 9 heteroatoms. The van der Waals surface area contributed by atoms with Crippen LogP contribution in [0.1, 0.15) is 0 Å². The molecule has 3 heterocycles. The molecule has 3 aromatic rings. The largest absolute Gasteiger partial charge is 0.368 e. The Labute approximate surface area is 123 Å². The van der Waals surface area contributed by atoms with Gasteiger partial charge in [-0.3, -0.25) is 10.9 Å². The quantitative estimate of drug-likeness (QED) is 0.508. The molecular formula is C11H9Cl2N7. The minimum atomic E-state index is 0.217. The number of nitrogen functional groups attached to an aromatic ring is 1. The van der Waals surface area contributed by atoms with E-state index in [4.69, 9.17) is 28.9 Å². The van der Waals surface area contributed by atoms with E-state index in [-0.39, 0.29) is 5.95 Å². The van der Waals surface area contributed by atoms with Crippen molar-refractivity contribution < 1.29 is 0 Å². The molecular weight excluding hydrogens is 301 g/mol. The first-order valence-electron chi connectivity index (χ1n) is 5.59. The highest BCUT2D eigenvalue weighted by Gasteiger charge is 2.09. The summed E-state index contributed by atoms with van der Waals surface area (Å²) < 4.78 is 1.52. The number of anilines is 3. The maximum Gasteiger partial charge on any atom is 0.227 e. The van der Waals surface area contributed by atoms with Crippen LogP contribution in [-0.2, 0) is 0 Å². The number of pyridine rings is 2. The van der Waals surface area contributed by atoms with Crippen LogP contribution in [0, 0.1) is 0 Å². The van der Waals surface area contributed by atoms with Gasteiger partial charge < -0.3 is 5.73 Å². The van der Waals surface area contributed by atoms with Crippen molar-refractivity contribution in [3.05, 3.63) is 40.6 Å². The average Bonchev–Trinajstić information content (AvgIpc) is 2.80. The van der Waals surface area contributed by atoms with Crippen molar-refractivity contribution in [2.24, 2.45) is 0 Å². The van der Waals surface area contributed by atoms with Gasteiger partial charge in [0.05, 0.1) is 5.69 Å². The highest BCUT2D eigenvalue weighted by molar-refractivity contribution is 6.32. The summed E-state index contributed by atoms with van der Waals surface area (Å²) in [7, 11) is 0. The number of fused-ring (bicyclic) bond motifs is 1. The number of halogens is 2. The normalized spacial score (nSPS) is 10.7. The van der Waals surface area contributed by atoms with E-state index in [0.717, 1.165) is 0 Å². The lowest BCUT2D eigenvalue weighted by atomic mass is 10.4. The molecule has 0 fully saturated rings. The van der Waals surface area contributed by atoms with Crippen LogP contribution in [0.15, 0.2) is 30.3 Å². The van der Waals surface area contributed by atoms with Crippen LogP contribution in [0.4, 0.5) is 17.5 Å². The van der Waals surface area contributed by atoms with Gasteiger partial charge in [0.2, 0.25) is 5.95 Å². The van der Waals surface area contributed by atoms with Gasteiger partial charge in [-0.1, -0.05) is 29.3 Å². The number of hydrogen-bond acceptors (Lipinski definition) is 6. The minimum Gasteiger partial charge on any atom is -0.368 e. The zero-order valence-electron chi connectivity index (χ0n) is 10.0. The van der Waals surface area contributed by atoms with E-state index < -0.39 is 0 Å². The standard InChI is InChI=1S/C11H9Cl2N7/c12-7-2-1-3-8(15-7)17-16-6-4-5-9-18-19-11(14)20(9)10(6)13/h1-5,16H,(H2,14,19)(H,15,17). The Balaban J connectivity index is 1.87. The second-order valence-electron chi connectivity index (χ2n) is 3.89. The van der Waals surface area contributed by atoms with Crippen LogP contribution in [0.5, 0.6) is 0 Å². The van der Waals surface area contributed by atoms with E-state index >= 15 is 0 Å². The Bertz CT molecular complexity index is 771. The van der Waals surface area contributed by atoms with Crippen molar-refractivity contribution in [1.29, 1.82) is 0 Å². The van der Waals surface area contributed by atoms with Crippen LogP contribution in [0.25, 0.3) is 5.65 Å². The van der Waals surface area contributed by atoms with Gasteiger partial charge in [-0.05, 0) is 24.3 Å². The fourth-order valence-corrected chi connectivity index (χ4v) is 2.12. The third-order valence-electron chi connectivity index (χ3n) is 2.57. The van der Waals surface area contributed by atoms with Crippen LogP contribution >= 0.6 is 23.2 Å². The molecule has 0 spiro atoms. The van der Waals surface area contributed by atoms with Crippen molar-refractivity contribution in [2.75, 3.05) is 16.6 Å². The van der Waals surface area contributed by atoms with Gasteiger partial charge in [-0.25, -0.2) is 9.38 Å². The second kappa shape index (κ2) is 5.03. The minimum absolute atomic E-state index is 0.217. The number of hydrazine groups is 1. The van der Waals surface area contributed by atoms with Gasteiger partial charge in [0.25, 0.3) is 0 Å². The van der Waals surface area contributed by atoms with E-state index in [1.807, 2.05) is 0 Å². The van der Waals surface area contributed by atoms with Crippen molar-refractivity contribution in [1.82, 2.24) is 19.6 Å². The van der Waals surface area contributed by atoms with Gasteiger partial charge in [-0.2, -0.15) is 0 Å². The molecule has 0 amide bonds. The first-order valence-corrected chi connectivity index (χ1v) is 6.34. The van der Waals surface area contributed by atoms with Crippen molar-refractivity contribution in [3.8, 4) is 0 Å². The molecule has 0 atom stereocenters. The summed E-state index contributed by atoms with van der Waals surface area (Å²) in [4.78, 5) is 4.08. The fraction of sp³-hybridized carbons (Fsp3) is 0. The number of nitrogens with zero attached hydrogens (tertiary/aromatic N) is 4. The van der Waals surface area contributed by atoms with E-state index in [9.17, 15) is 0 Å². The molecule has 7 nitrogen and oxygen atoms in total. The zero-order valence-corrected chi connectivity index (χ0v) is 11.5. The topological polar surface area (TPSA) is 93.2 Å². The van der Waals surface area contributed by atoms with Crippen LogP contribution in [-0.4, -0.2) is 19.6 Å². The molecule has 0 radical (unpaired) electrons. The predicted molar refractivity (Wildman–Crippen MR) is 78.9 cm³/mol. The van der Waals surface area contributed by atoms with Gasteiger partial charge in [-0.15, -0.1) is 10.2 Å². The van der Waals surface area contributed by atoms with Gasteiger partial charge in [0.15, 0.2) is 5.65 Å². The molecule has 0 bridgehead atoms. The summed E-state index contributed by atoms with van der Waals surface area (Å²) in [6.45, 7) is 0. The molecule has 102 valence electrons. The SMILES string of the molecule is Nc1nnc2ccc(NNc3cccc(Cl)n3)c(Cl)n12. The molecule has 0 aliphatic rings. The summed E-state index contributed by atoms with van der Waals surface area (Å²) in [5.74, 6) is 0.778. The average molecular weight is 310 g/mol. The lowest BCUT2D eigenvalue weighted by Crippen LogP contribution is -2.11. The summed E-state index contributed by atoms with van der Waals surface area (Å²) in [6.07, 6.45) is 0. The van der Waals surface area contributed by atoms with Crippen LogP contribution < -0.4 is 16.6 Å². The Hall–Kier alpha value is -2.25. The Morgan fingerprint density at radius 3 is 2.70 bits per heavy atom. The van der Waals surface area contributed by atoms with Gasteiger partial charge in [0.1, 0.15) is 16.1 Å². The number of aromatic nitrogens is 4. The summed E-state index contributed by atoms with van der Waals surface area (Å²) >= 11 is 12.0. The number of hydrogen-bond donors (Lipinski definition) is 3. The summed E-state index contributed by atoms with van der Waals surface area (Å²) in [6, 6.07) is 8.72.